The highest BCUT2D eigenvalue weighted by atomic mass is 16.6. The molecule has 43 heavy (non-hydrogen) atoms. The summed E-state index contributed by atoms with van der Waals surface area (Å²) >= 11 is 0. The Kier molecular flexibility index (Phi) is 8.23. The van der Waals surface area contributed by atoms with E-state index in [1.807, 2.05) is 27.7 Å². The molecule has 4 aliphatic rings. The number of hydrogen-bond acceptors (Lipinski definition) is 9. The van der Waals surface area contributed by atoms with Crippen molar-refractivity contribution in [2.24, 2.45) is 39.4 Å². The van der Waals surface area contributed by atoms with Crippen molar-refractivity contribution >= 4 is 23.5 Å². The number of fused-ring (bicyclic) bond motifs is 5. The van der Waals surface area contributed by atoms with E-state index in [-0.39, 0.29) is 43.3 Å². The van der Waals surface area contributed by atoms with Crippen LogP contribution in [-0.4, -0.2) is 68.3 Å². The van der Waals surface area contributed by atoms with E-state index in [4.69, 9.17) is 9.47 Å². The normalized spacial score (nSPS) is 41.6. The summed E-state index contributed by atoms with van der Waals surface area (Å²) < 4.78 is 11.2. The van der Waals surface area contributed by atoms with Gasteiger partial charge >= 0.3 is 11.9 Å². The first-order chi connectivity index (χ1) is 19.5. The van der Waals surface area contributed by atoms with Crippen molar-refractivity contribution in [1.29, 1.82) is 0 Å². The average molecular weight is 605 g/mol. The number of allylic oxidation sites excluding steroid dienone is 1. The number of esters is 2. The molecular weight excluding hydrogens is 552 g/mol. The fourth-order valence-electron chi connectivity index (χ4n) is 10.1. The smallest absolute Gasteiger partial charge is 0.303 e. The topological polar surface area (TPSA) is 147 Å². The molecule has 10 atom stereocenters. The zero-order valence-electron chi connectivity index (χ0n) is 27.6. The van der Waals surface area contributed by atoms with Gasteiger partial charge in [0.25, 0.3) is 0 Å². The molecule has 0 aromatic heterocycles. The van der Waals surface area contributed by atoms with E-state index in [1.54, 1.807) is 13.8 Å². The summed E-state index contributed by atoms with van der Waals surface area (Å²) in [6, 6.07) is 0. The van der Waals surface area contributed by atoms with Crippen LogP contribution in [-0.2, 0) is 28.7 Å². The second kappa shape index (κ2) is 10.5. The van der Waals surface area contributed by atoms with Crippen LogP contribution in [0.1, 0.15) is 108 Å². The van der Waals surface area contributed by atoms with E-state index < -0.39 is 74.8 Å². The molecule has 0 heterocycles. The molecule has 0 saturated heterocycles. The molecule has 0 bridgehead atoms. The van der Waals surface area contributed by atoms with Crippen LogP contribution in [0.2, 0.25) is 0 Å². The first-order valence-corrected chi connectivity index (χ1v) is 15.7. The molecule has 4 aliphatic carbocycles. The third-order valence-corrected chi connectivity index (χ3v) is 12.5. The molecule has 3 fully saturated rings. The van der Waals surface area contributed by atoms with Crippen LogP contribution < -0.4 is 0 Å². The number of ether oxygens (including phenoxy) is 2. The SMILES string of the molecule is CC(=O)O[C@H]1C[C@@]2(C)[C@@H]3CC=C4[C@@H](C[C@H](O)[C@@H](O)C4(C)C)[C@]3(C)C(=O)C[C@]2(C)[C@H]1[C@@](C)(O)C(=O)CCC(C)(C)OC(C)=O. The van der Waals surface area contributed by atoms with E-state index in [2.05, 4.69) is 13.0 Å². The van der Waals surface area contributed by atoms with Gasteiger partial charge in [-0.05, 0) is 69.1 Å². The summed E-state index contributed by atoms with van der Waals surface area (Å²) in [7, 11) is 0. The molecule has 3 N–H and O–H groups in total. The Morgan fingerprint density at radius 1 is 1.00 bits per heavy atom. The van der Waals surface area contributed by atoms with Gasteiger partial charge in [0.2, 0.25) is 0 Å². The number of rotatable bonds is 7. The molecule has 9 heteroatoms. The maximum atomic E-state index is 14.5. The summed E-state index contributed by atoms with van der Waals surface area (Å²) in [6.45, 7) is 17.3. The van der Waals surface area contributed by atoms with E-state index in [1.165, 1.54) is 20.8 Å². The Morgan fingerprint density at radius 2 is 1.60 bits per heavy atom. The third kappa shape index (κ3) is 5.02. The first-order valence-electron chi connectivity index (χ1n) is 15.7. The van der Waals surface area contributed by atoms with Gasteiger partial charge in [0, 0.05) is 43.4 Å². The summed E-state index contributed by atoms with van der Waals surface area (Å²) in [5.74, 6) is -2.78. The van der Waals surface area contributed by atoms with Crippen LogP contribution >= 0.6 is 0 Å². The molecule has 9 nitrogen and oxygen atoms in total. The van der Waals surface area contributed by atoms with Gasteiger partial charge in [0.1, 0.15) is 23.1 Å². The fraction of sp³-hybridized carbons (Fsp3) is 0.824. The van der Waals surface area contributed by atoms with E-state index in [9.17, 15) is 34.5 Å². The molecule has 0 aliphatic heterocycles. The molecule has 0 unspecified atom stereocenters. The second-order valence-electron chi connectivity index (χ2n) is 15.9. The highest BCUT2D eigenvalue weighted by Crippen LogP contribution is 2.74. The lowest BCUT2D eigenvalue weighted by molar-refractivity contribution is -0.189. The zero-order valence-corrected chi connectivity index (χ0v) is 27.6. The van der Waals surface area contributed by atoms with Crippen molar-refractivity contribution in [3.05, 3.63) is 11.6 Å². The maximum Gasteiger partial charge on any atom is 0.303 e. The molecule has 242 valence electrons. The lowest BCUT2D eigenvalue weighted by Gasteiger charge is -2.65. The Morgan fingerprint density at radius 3 is 2.16 bits per heavy atom. The molecule has 3 saturated carbocycles. The van der Waals surface area contributed by atoms with Crippen LogP contribution in [0.5, 0.6) is 0 Å². The van der Waals surface area contributed by atoms with Crippen molar-refractivity contribution < 1.29 is 44.0 Å². The molecule has 0 aromatic rings. The number of hydrogen-bond donors (Lipinski definition) is 3. The minimum absolute atomic E-state index is 0.000167. The predicted molar refractivity (Wildman–Crippen MR) is 158 cm³/mol. The highest BCUT2D eigenvalue weighted by Gasteiger charge is 2.75. The maximum absolute atomic E-state index is 14.5. The number of aliphatic hydroxyl groups is 3. The second-order valence-corrected chi connectivity index (χ2v) is 15.9. The Hall–Kier alpha value is -2.10. The lowest BCUT2D eigenvalue weighted by Crippen LogP contribution is -2.65. The molecule has 4 rings (SSSR count). The molecular formula is C34H52O9. The van der Waals surface area contributed by atoms with Crippen LogP contribution in [0.3, 0.4) is 0 Å². The van der Waals surface area contributed by atoms with Crippen molar-refractivity contribution in [3.63, 3.8) is 0 Å². The quantitative estimate of drug-likeness (QED) is 0.289. The molecule has 0 radical (unpaired) electrons. The van der Waals surface area contributed by atoms with Gasteiger partial charge < -0.3 is 24.8 Å². The van der Waals surface area contributed by atoms with Gasteiger partial charge in [-0.2, -0.15) is 0 Å². The summed E-state index contributed by atoms with van der Waals surface area (Å²) in [4.78, 5) is 52.3. The van der Waals surface area contributed by atoms with Crippen LogP contribution in [0.4, 0.5) is 0 Å². The Bertz CT molecular complexity index is 1230. The van der Waals surface area contributed by atoms with Gasteiger partial charge in [0.15, 0.2) is 5.78 Å². The van der Waals surface area contributed by atoms with Crippen molar-refractivity contribution in [2.75, 3.05) is 0 Å². The predicted octanol–water partition coefficient (Wildman–Crippen LogP) is 4.09. The number of Topliss-reactive ketones (excluding diaryl/α,β-unsaturated/α-hetero) is 2. The zero-order chi connectivity index (χ0) is 32.7. The summed E-state index contributed by atoms with van der Waals surface area (Å²) in [5.41, 5.74) is -4.92. The number of aliphatic hydroxyl groups excluding tert-OH is 2. The van der Waals surface area contributed by atoms with Crippen molar-refractivity contribution in [2.45, 2.75) is 137 Å². The Balaban J connectivity index is 1.77. The highest BCUT2D eigenvalue weighted by molar-refractivity contribution is 5.90. The minimum Gasteiger partial charge on any atom is -0.462 e. The number of carbonyl (C=O) groups is 4. The van der Waals surface area contributed by atoms with Gasteiger partial charge in [-0.3, -0.25) is 19.2 Å². The molecule has 0 aromatic carbocycles. The Labute approximate surface area is 255 Å². The van der Waals surface area contributed by atoms with E-state index >= 15 is 0 Å². The van der Waals surface area contributed by atoms with Gasteiger partial charge in [-0.15, -0.1) is 0 Å². The first kappa shape index (κ1) is 33.8. The summed E-state index contributed by atoms with van der Waals surface area (Å²) in [6.07, 6.45) is 0.812. The van der Waals surface area contributed by atoms with Gasteiger partial charge in [-0.25, -0.2) is 0 Å². The summed E-state index contributed by atoms with van der Waals surface area (Å²) in [5, 5.41) is 33.9. The van der Waals surface area contributed by atoms with E-state index in [0.717, 1.165) is 5.57 Å². The lowest BCUT2D eigenvalue weighted by atomic mass is 9.38. The molecule has 0 amide bonds. The van der Waals surface area contributed by atoms with Gasteiger partial charge in [0.05, 0.1) is 12.2 Å². The average Bonchev–Trinajstić information content (AvgIpc) is 3.07. The monoisotopic (exact) mass is 604 g/mol. The van der Waals surface area contributed by atoms with Crippen LogP contribution in [0.25, 0.3) is 0 Å². The number of ketones is 2. The molecule has 0 spiro atoms. The minimum atomic E-state index is -1.93. The van der Waals surface area contributed by atoms with Crippen LogP contribution in [0.15, 0.2) is 11.6 Å². The van der Waals surface area contributed by atoms with Crippen LogP contribution in [0, 0.1) is 39.4 Å². The van der Waals surface area contributed by atoms with Crippen molar-refractivity contribution in [1.82, 2.24) is 0 Å². The van der Waals surface area contributed by atoms with Crippen molar-refractivity contribution in [3.8, 4) is 0 Å². The largest absolute Gasteiger partial charge is 0.462 e. The standard InChI is InChI=1S/C34H52O9/c1-18(35)42-23-16-31(7)24-12-11-20-21(15-22(37)28(40)30(20,5)6)33(24,9)26(39)17-32(31,8)27(23)34(10,41)25(38)13-14-29(3,4)43-19(2)36/h11,21-24,27-28,37,40-41H,12-17H2,1-10H3/t21-,22+,23+,24+,27+,28-,31+,32-,33+,34+/m1/s1. The number of carbonyl (C=O) groups excluding carboxylic acids is 4. The third-order valence-electron chi connectivity index (χ3n) is 12.5. The fourth-order valence-corrected chi connectivity index (χ4v) is 10.1. The van der Waals surface area contributed by atoms with E-state index in [0.29, 0.717) is 12.8 Å². The van der Waals surface area contributed by atoms with Gasteiger partial charge in [-0.1, -0.05) is 46.3 Å².